The Morgan fingerprint density at radius 2 is 2.00 bits per heavy atom. The summed E-state index contributed by atoms with van der Waals surface area (Å²) < 4.78 is 7.03. The van der Waals surface area contributed by atoms with E-state index in [1.807, 2.05) is 49.4 Å². The van der Waals surface area contributed by atoms with Gasteiger partial charge in [0.2, 0.25) is 0 Å². The zero-order chi connectivity index (χ0) is 22.1. The van der Waals surface area contributed by atoms with Gasteiger partial charge in [-0.05, 0) is 30.7 Å². The van der Waals surface area contributed by atoms with Crippen LogP contribution in [0.1, 0.15) is 11.4 Å². The molecule has 0 unspecified atom stereocenters. The highest BCUT2D eigenvalue weighted by Gasteiger charge is 2.15. The molecule has 2 aromatic carbocycles. The van der Waals surface area contributed by atoms with Crippen molar-refractivity contribution in [2.45, 2.75) is 13.3 Å². The number of nitrogens with zero attached hydrogens (tertiary/aromatic N) is 5. The van der Waals surface area contributed by atoms with Crippen LogP contribution in [-0.2, 0) is 6.42 Å². The Labute approximate surface area is 183 Å². The Kier molecular flexibility index (Phi) is 4.98. The highest BCUT2D eigenvalue weighted by molar-refractivity contribution is 5.82. The average molecular weight is 427 g/mol. The van der Waals surface area contributed by atoms with Crippen LogP contribution >= 0.6 is 0 Å². The first kappa shape index (κ1) is 19.7. The molecule has 3 aromatic heterocycles. The van der Waals surface area contributed by atoms with Crippen LogP contribution in [0.3, 0.4) is 0 Å². The normalized spacial score (nSPS) is 11.2. The molecule has 9 heteroatoms. The standard InChI is InChI=1S/C23H21N7O2/c1-14-5-3-8-17-19(14)23(31)30(15-6-4-7-16(11-15)32-2)18(29-17)9-10-24-21-20-22(26-12-25-20)28-13-27-21/h3-8,11-13H,9-10H2,1-2H3,(H2,24,25,26,27,28). The van der Waals surface area contributed by atoms with Gasteiger partial charge in [0.25, 0.3) is 5.56 Å². The number of aromatic amines is 1. The van der Waals surface area contributed by atoms with E-state index in [-0.39, 0.29) is 5.56 Å². The number of H-pyrrole nitrogens is 1. The third-order valence-corrected chi connectivity index (χ3v) is 5.35. The molecule has 0 aliphatic heterocycles. The van der Waals surface area contributed by atoms with Crippen molar-refractivity contribution in [3.05, 3.63) is 76.9 Å². The molecular weight excluding hydrogens is 406 g/mol. The Bertz CT molecular complexity index is 1490. The number of imidazole rings is 1. The van der Waals surface area contributed by atoms with E-state index in [0.717, 1.165) is 11.1 Å². The van der Waals surface area contributed by atoms with Gasteiger partial charge in [-0.25, -0.2) is 19.9 Å². The fourth-order valence-corrected chi connectivity index (χ4v) is 3.82. The van der Waals surface area contributed by atoms with Crippen molar-refractivity contribution < 1.29 is 4.74 Å². The van der Waals surface area contributed by atoms with E-state index in [2.05, 4.69) is 25.3 Å². The van der Waals surface area contributed by atoms with Crippen molar-refractivity contribution in [3.8, 4) is 11.4 Å². The molecule has 0 saturated carbocycles. The molecule has 0 aliphatic rings. The van der Waals surface area contributed by atoms with Crippen LogP contribution in [0.25, 0.3) is 27.8 Å². The number of ether oxygens (including phenoxy) is 1. The minimum absolute atomic E-state index is 0.102. The molecule has 0 bridgehead atoms. The van der Waals surface area contributed by atoms with E-state index >= 15 is 0 Å². The monoisotopic (exact) mass is 427 g/mol. The van der Waals surface area contributed by atoms with Crippen LogP contribution < -0.4 is 15.6 Å². The van der Waals surface area contributed by atoms with Gasteiger partial charge in [-0.2, -0.15) is 0 Å². The van der Waals surface area contributed by atoms with Crippen LogP contribution in [0.15, 0.2) is 59.9 Å². The van der Waals surface area contributed by atoms with Crippen LogP contribution in [0.2, 0.25) is 0 Å². The number of fused-ring (bicyclic) bond motifs is 2. The van der Waals surface area contributed by atoms with Crippen LogP contribution in [-0.4, -0.2) is 43.1 Å². The summed E-state index contributed by atoms with van der Waals surface area (Å²) in [4.78, 5) is 34.0. The van der Waals surface area contributed by atoms with Crippen LogP contribution in [0, 0.1) is 6.92 Å². The minimum Gasteiger partial charge on any atom is -0.497 e. The number of rotatable bonds is 6. The number of nitrogens with one attached hydrogen (secondary N) is 2. The summed E-state index contributed by atoms with van der Waals surface area (Å²) in [6.07, 6.45) is 3.54. The van der Waals surface area contributed by atoms with Crippen molar-refractivity contribution >= 4 is 27.9 Å². The van der Waals surface area contributed by atoms with E-state index in [4.69, 9.17) is 9.72 Å². The lowest BCUT2D eigenvalue weighted by molar-refractivity contribution is 0.414. The molecule has 0 fully saturated rings. The molecule has 0 spiro atoms. The van der Waals surface area contributed by atoms with E-state index in [1.165, 1.54) is 6.33 Å². The molecule has 0 aliphatic carbocycles. The fraction of sp³-hybridized carbons (Fsp3) is 0.174. The third kappa shape index (κ3) is 3.43. The zero-order valence-corrected chi connectivity index (χ0v) is 17.7. The Hall–Kier alpha value is -4.27. The molecule has 2 N–H and O–H groups in total. The lowest BCUT2D eigenvalue weighted by atomic mass is 10.1. The summed E-state index contributed by atoms with van der Waals surface area (Å²) in [5.41, 5.74) is 3.51. The number of hydrogen-bond donors (Lipinski definition) is 2. The van der Waals surface area contributed by atoms with E-state index in [9.17, 15) is 4.79 Å². The lowest BCUT2D eigenvalue weighted by Gasteiger charge is -2.15. The molecule has 0 atom stereocenters. The van der Waals surface area contributed by atoms with Gasteiger partial charge in [-0.1, -0.05) is 18.2 Å². The van der Waals surface area contributed by atoms with E-state index in [1.54, 1.807) is 18.0 Å². The molecule has 32 heavy (non-hydrogen) atoms. The summed E-state index contributed by atoms with van der Waals surface area (Å²) in [6.45, 7) is 2.44. The second kappa shape index (κ2) is 8.10. The Balaban J connectivity index is 1.56. The maximum absolute atomic E-state index is 13.6. The third-order valence-electron chi connectivity index (χ3n) is 5.35. The predicted molar refractivity (Wildman–Crippen MR) is 123 cm³/mol. The maximum atomic E-state index is 13.6. The number of anilines is 1. The Morgan fingerprint density at radius 3 is 2.88 bits per heavy atom. The number of hydrogen-bond acceptors (Lipinski definition) is 7. The SMILES string of the molecule is COc1cccc(-n2c(CCNc3ncnc4nc[nH]c34)nc3cccc(C)c3c2=O)c1. The van der Waals surface area contributed by atoms with Gasteiger partial charge >= 0.3 is 0 Å². The molecule has 0 saturated heterocycles. The largest absolute Gasteiger partial charge is 0.497 e. The number of aromatic nitrogens is 6. The number of methoxy groups -OCH3 is 1. The van der Waals surface area contributed by atoms with Gasteiger partial charge < -0.3 is 15.0 Å². The second-order valence-corrected chi connectivity index (χ2v) is 7.34. The molecule has 160 valence electrons. The van der Waals surface area contributed by atoms with E-state index < -0.39 is 0 Å². The summed E-state index contributed by atoms with van der Waals surface area (Å²) in [7, 11) is 1.60. The molecule has 3 heterocycles. The van der Waals surface area contributed by atoms with Crippen molar-refractivity contribution in [2.75, 3.05) is 19.0 Å². The summed E-state index contributed by atoms with van der Waals surface area (Å²) in [5.74, 6) is 1.97. The van der Waals surface area contributed by atoms with Gasteiger partial charge in [0, 0.05) is 19.0 Å². The molecule has 5 rings (SSSR count). The van der Waals surface area contributed by atoms with Crippen molar-refractivity contribution in [2.24, 2.45) is 0 Å². The highest BCUT2D eigenvalue weighted by atomic mass is 16.5. The fourth-order valence-electron chi connectivity index (χ4n) is 3.82. The van der Waals surface area contributed by atoms with Crippen molar-refractivity contribution in [1.82, 2.24) is 29.5 Å². The summed E-state index contributed by atoms with van der Waals surface area (Å²) in [5, 5.41) is 3.91. The number of aryl methyl sites for hydroxylation is 1. The minimum atomic E-state index is -0.102. The topological polar surface area (TPSA) is 111 Å². The highest BCUT2D eigenvalue weighted by Crippen LogP contribution is 2.20. The first-order valence-electron chi connectivity index (χ1n) is 10.2. The molecule has 0 radical (unpaired) electrons. The van der Waals surface area contributed by atoms with Gasteiger partial charge in [0.1, 0.15) is 23.4 Å². The average Bonchev–Trinajstić information content (AvgIpc) is 3.29. The molecular formula is C23H21N7O2. The second-order valence-electron chi connectivity index (χ2n) is 7.34. The zero-order valence-electron chi connectivity index (χ0n) is 17.7. The van der Waals surface area contributed by atoms with Gasteiger partial charge in [-0.15, -0.1) is 0 Å². The smallest absolute Gasteiger partial charge is 0.266 e. The first-order chi connectivity index (χ1) is 15.7. The first-order valence-corrected chi connectivity index (χ1v) is 10.2. The van der Waals surface area contributed by atoms with Crippen LogP contribution in [0.4, 0.5) is 5.82 Å². The molecule has 9 nitrogen and oxygen atoms in total. The van der Waals surface area contributed by atoms with Crippen LogP contribution in [0.5, 0.6) is 5.75 Å². The van der Waals surface area contributed by atoms with Gasteiger partial charge in [-0.3, -0.25) is 9.36 Å². The van der Waals surface area contributed by atoms with Gasteiger partial charge in [0.15, 0.2) is 11.5 Å². The number of benzene rings is 2. The lowest BCUT2D eigenvalue weighted by Crippen LogP contribution is -2.26. The van der Waals surface area contributed by atoms with Crippen molar-refractivity contribution in [3.63, 3.8) is 0 Å². The molecule has 0 amide bonds. The Morgan fingerprint density at radius 1 is 1.12 bits per heavy atom. The van der Waals surface area contributed by atoms with E-state index in [0.29, 0.717) is 52.6 Å². The summed E-state index contributed by atoms with van der Waals surface area (Å²) in [6, 6.07) is 13.1. The van der Waals surface area contributed by atoms with Gasteiger partial charge in [0.05, 0.1) is 30.0 Å². The van der Waals surface area contributed by atoms with Crippen molar-refractivity contribution in [1.29, 1.82) is 0 Å². The quantitative estimate of drug-likeness (QED) is 0.428. The maximum Gasteiger partial charge on any atom is 0.266 e. The predicted octanol–water partition coefficient (Wildman–Crippen LogP) is 3.02. The summed E-state index contributed by atoms with van der Waals surface area (Å²) >= 11 is 0. The molecule has 5 aromatic rings.